The topological polar surface area (TPSA) is 129 Å². The highest BCUT2D eigenvalue weighted by Gasteiger charge is 2.29. The van der Waals surface area contributed by atoms with Gasteiger partial charge in [0.25, 0.3) is 0 Å². The molecule has 2 saturated heterocycles. The smallest absolute Gasteiger partial charge is 0.419 e. The fourth-order valence-electron chi connectivity index (χ4n) is 8.72. The lowest BCUT2D eigenvalue weighted by Crippen LogP contribution is -2.46. The highest BCUT2D eigenvalue weighted by Crippen LogP contribution is 2.31. The Morgan fingerprint density at radius 2 is 1.51 bits per heavy atom. The Kier molecular flexibility index (Phi) is 13.4. The molecule has 57 heavy (non-hydrogen) atoms. The number of nitrogens with zero attached hydrogens (tertiary/aromatic N) is 4. The number of para-hydroxylation sites is 3. The lowest BCUT2D eigenvalue weighted by Gasteiger charge is -2.34. The fraction of sp³-hybridized carbons (Fsp3) is 0.500. The summed E-state index contributed by atoms with van der Waals surface area (Å²) in [6.07, 6.45) is 6.46. The average Bonchev–Trinajstić information content (AvgIpc) is 3.54. The van der Waals surface area contributed by atoms with E-state index in [-0.39, 0.29) is 47.8 Å². The van der Waals surface area contributed by atoms with Crippen molar-refractivity contribution in [2.75, 3.05) is 57.8 Å². The van der Waals surface area contributed by atoms with Gasteiger partial charge in [-0.2, -0.15) is 0 Å². The van der Waals surface area contributed by atoms with E-state index >= 15 is 0 Å². The number of methoxy groups -OCH3 is 1. The summed E-state index contributed by atoms with van der Waals surface area (Å²) in [5.41, 5.74) is 3.57. The number of halogens is 1. The van der Waals surface area contributed by atoms with Gasteiger partial charge in [0.1, 0.15) is 11.6 Å². The van der Waals surface area contributed by atoms with Crippen LogP contribution in [0.3, 0.4) is 0 Å². The molecule has 1 unspecified atom stereocenters. The highest BCUT2D eigenvalue weighted by molar-refractivity contribution is 5.96. The normalized spacial score (nSPS) is 17.7. The molecule has 2 fully saturated rings. The molecular weight excluding hydrogens is 728 g/mol. The van der Waals surface area contributed by atoms with Crippen molar-refractivity contribution in [2.24, 2.45) is 0 Å². The minimum atomic E-state index is -0.499. The first-order valence-electron chi connectivity index (χ1n) is 20.6. The first kappa shape index (κ1) is 40.2. The standard InChI is InChI=1S/C44H55FN6O6/c1-56-35-10-4-9-32(30-35)36(43(54)47-34-20-28-48(29-21-34)22-6-24-50-38-12-2-3-13-39(38)57-44(50)55)15-16-40(52)46-33-18-26-49(27-19-33)23-7-25-51-41(53)17-14-31-8-5-11-37(45)42(31)51/h2-5,8-13,30,33-34,36H,6-7,14-29H2,1H3,(H,46,52)(H,47,54). The Balaban J connectivity index is 0.842. The average molecular weight is 783 g/mol. The predicted molar refractivity (Wildman–Crippen MR) is 217 cm³/mol. The van der Waals surface area contributed by atoms with Crippen LogP contribution in [0.2, 0.25) is 0 Å². The van der Waals surface area contributed by atoms with Crippen molar-refractivity contribution < 1.29 is 27.9 Å². The van der Waals surface area contributed by atoms with Crippen molar-refractivity contribution in [1.29, 1.82) is 0 Å². The molecule has 0 bridgehead atoms. The van der Waals surface area contributed by atoms with Gasteiger partial charge >= 0.3 is 5.76 Å². The van der Waals surface area contributed by atoms with Gasteiger partial charge in [-0.15, -0.1) is 0 Å². The molecule has 0 radical (unpaired) electrons. The third-order valence-corrected chi connectivity index (χ3v) is 11.9. The van der Waals surface area contributed by atoms with Crippen LogP contribution in [0.25, 0.3) is 11.1 Å². The summed E-state index contributed by atoms with van der Waals surface area (Å²) < 4.78 is 27.1. The van der Waals surface area contributed by atoms with Gasteiger partial charge in [0, 0.05) is 64.2 Å². The van der Waals surface area contributed by atoms with E-state index in [1.165, 1.54) is 6.07 Å². The van der Waals surface area contributed by atoms with E-state index in [2.05, 4.69) is 20.4 Å². The number of aryl methyl sites for hydroxylation is 2. The zero-order valence-corrected chi connectivity index (χ0v) is 32.9. The maximum Gasteiger partial charge on any atom is 0.419 e. The number of hydrogen-bond donors (Lipinski definition) is 2. The molecule has 13 heteroatoms. The number of benzene rings is 3. The molecule has 3 amide bonds. The van der Waals surface area contributed by atoms with Crippen LogP contribution in [0.15, 0.2) is 75.9 Å². The summed E-state index contributed by atoms with van der Waals surface area (Å²) in [4.78, 5) is 58.5. The Bertz CT molecular complexity index is 2070. The van der Waals surface area contributed by atoms with Crippen molar-refractivity contribution >= 4 is 34.5 Å². The van der Waals surface area contributed by atoms with E-state index in [0.29, 0.717) is 49.4 Å². The molecule has 3 aliphatic rings. The first-order valence-corrected chi connectivity index (χ1v) is 20.6. The summed E-state index contributed by atoms with van der Waals surface area (Å²) in [5, 5.41) is 6.51. The van der Waals surface area contributed by atoms with Crippen LogP contribution in [-0.4, -0.2) is 97.1 Å². The number of anilines is 1. The second kappa shape index (κ2) is 19.0. The molecule has 0 spiro atoms. The third-order valence-electron chi connectivity index (χ3n) is 11.9. The van der Waals surface area contributed by atoms with E-state index in [4.69, 9.17) is 9.15 Å². The second-order valence-electron chi connectivity index (χ2n) is 15.7. The van der Waals surface area contributed by atoms with E-state index in [0.717, 1.165) is 94.4 Å². The molecule has 1 aromatic heterocycles. The van der Waals surface area contributed by atoms with Gasteiger partial charge in [-0.25, -0.2) is 9.18 Å². The SMILES string of the molecule is COc1cccc(C(CCC(=O)NC2CCN(CCCN3C(=O)CCc4cccc(F)c43)CC2)C(=O)NC2CCN(CCCn3c(=O)oc4ccccc43)CC2)c1. The van der Waals surface area contributed by atoms with Gasteiger partial charge in [-0.1, -0.05) is 36.4 Å². The molecule has 304 valence electrons. The molecule has 3 aliphatic heterocycles. The number of oxazole rings is 1. The predicted octanol–water partition coefficient (Wildman–Crippen LogP) is 5.23. The van der Waals surface area contributed by atoms with Gasteiger partial charge in [-0.3, -0.25) is 19.0 Å². The van der Waals surface area contributed by atoms with E-state index < -0.39 is 5.92 Å². The maximum atomic E-state index is 14.6. The van der Waals surface area contributed by atoms with Crippen LogP contribution in [0, 0.1) is 5.82 Å². The third kappa shape index (κ3) is 10.1. The Morgan fingerprint density at radius 3 is 2.25 bits per heavy atom. The van der Waals surface area contributed by atoms with Crippen molar-refractivity contribution in [2.45, 2.75) is 88.8 Å². The Labute approximate surface area is 333 Å². The van der Waals surface area contributed by atoms with Crippen LogP contribution in [0.4, 0.5) is 10.1 Å². The molecule has 1 atom stereocenters. The second-order valence-corrected chi connectivity index (χ2v) is 15.7. The number of fused-ring (bicyclic) bond motifs is 2. The number of nitrogens with one attached hydrogen (secondary N) is 2. The number of ether oxygens (including phenoxy) is 1. The Morgan fingerprint density at radius 1 is 0.825 bits per heavy atom. The van der Waals surface area contributed by atoms with Gasteiger partial charge < -0.3 is 34.5 Å². The van der Waals surface area contributed by atoms with Gasteiger partial charge in [-0.05, 0) is 106 Å². The fourth-order valence-corrected chi connectivity index (χ4v) is 8.72. The number of amides is 3. The minimum absolute atomic E-state index is 0.0233. The van der Waals surface area contributed by atoms with Crippen molar-refractivity contribution in [3.05, 3.63) is 94.2 Å². The molecule has 12 nitrogen and oxygen atoms in total. The molecule has 7 rings (SSSR count). The van der Waals surface area contributed by atoms with Crippen LogP contribution in [0.5, 0.6) is 5.75 Å². The number of carbonyl (C=O) groups excluding carboxylic acids is 3. The van der Waals surface area contributed by atoms with Crippen LogP contribution < -0.4 is 26.0 Å². The summed E-state index contributed by atoms with van der Waals surface area (Å²) in [6, 6.07) is 20.1. The van der Waals surface area contributed by atoms with Crippen LogP contribution in [-0.2, 0) is 27.3 Å². The first-order chi connectivity index (χ1) is 27.7. The lowest BCUT2D eigenvalue weighted by molar-refractivity contribution is -0.124. The van der Waals surface area contributed by atoms with Crippen LogP contribution in [0.1, 0.15) is 74.8 Å². The number of rotatable bonds is 16. The quantitative estimate of drug-likeness (QED) is 0.158. The summed E-state index contributed by atoms with van der Waals surface area (Å²) in [7, 11) is 1.60. The molecule has 4 aromatic rings. The molecular formula is C44H55FN6O6. The number of piperidine rings is 2. The zero-order valence-electron chi connectivity index (χ0n) is 32.9. The van der Waals surface area contributed by atoms with Gasteiger partial charge in [0.15, 0.2) is 5.58 Å². The number of likely N-dealkylation sites (tertiary alicyclic amines) is 2. The van der Waals surface area contributed by atoms with E-state index in [1.807, 2.05) is 54.6 Å². The van der Waals surface area contributed by atoms with Crippen molar-refractivity contribution in [3.63, 3.8) is 0 Å². The number of aromatic nitrogens is 1. The minimum Gasteiger partial charge on any atom is -0.497 e. The molecule has 3 aromatic carbocycles. The molecule has 0 saturated carbocycles. The van der Waals surface area contributed by atoms with E-state index in [1.54, 1.807) is 22.6 Å². The zero-order chi connectivity index (χ0) is 39.7. The Hall–Kier alpha value is -5.01. The monoisotopic (exact) mass is 782 g/mol. The number of carbonyl (C=O) groups is 3. The molecule has 2 N–H and O–H groups in total. The van der Waals surface area contributed by atoms with Crippen molar-refractivity contribution in [3.8, 4) is 5.75 Å². The van der Waals surface area contributed by atoms with Gasteiger partial charge in [0.2, 0.25) is 17.7 Å². The summed E-state index contributed by atoms with van der Waals surface area (Å²) in [5.74, 6) is -0.659. The van der Waals surface area contributed by atoms with E-state index in [9.17, 15) is 23.6 Å². The van der Waals surface area contributed by atoms with Crippen molar-refractivity contribution in [1.82, 2.24) is 25.0 Å². The highest BCUT2D eigenvalue weighted by atomic mass is 19.1. The van der Waals surface area contributed by atoms with Gasteiger partial charge in [0.05, 0.1) is 24.2 Å². The van der Waals surface area contributed by atoms with Crippen LogP contribution >= 0.6 is 0 Å². The largest absolute Gasteiger partial charge is 0.497 e. The lowest BCUT2D eigenvalue weighted by atomic mass is 9.91. The summed E-state index contributed by atoms with van der Waals surface area (Å²) in [6.45, 7) is 6.10. The maximum absolute atomic E-state index is 14.6. The number of hydrogen-bond acceptors (Lipinski definition) is 8. The summed E-state index contributed by atoms with van der Waals surface area (Å²) >= 11 is 0. The molecule has 0 aliphatic carbocycles. The molecule has 4 heterocycles.